The van der Waals surface area contributed by atoms with Crippen LogP contribution in [0.25, 0.3) is 11.0 Å². The molecule has 0 saturated carbocycles. The Balaban J connectivity index is 1.93. The summed E-state index contributed by atoms with van der Waals surface area (Å²) in [6.45, 7) is 3.07. The molecule has 0 radical (unpaired) electrons. The van der Waals surface area contributed by atoms with Crippen LogP contribution in [0.3, 0.4) is 0 Å². The number of anilines is 1. The van der Waals surface area contributed by atoms with Crippen LogP contribution in [0.5, 0.6) is 0 Å². The number of hydrogen-bond donors (Lipinski definition) is 1. The van der Waals surface area contributed by atoms with Crippen LogP contribution in [-0.4, -0.2) is 34.6 Å². The molecule has 3 rings (SSSR count). The Morgan fingerprint density at radius 1 is 1.50 bits per heavy atom. The van der Waals surface area contributed by atoms with E-state index in [9.17, 15) is 4.39 Å². The van der Waals surface area contributed by atoms with Gasteiger partial charge in [-0.2, -0.15) is 0 Å². The maximum Gasteiger partial charge on any atom is 0.201 e. The fraction of sp³-hybridized carbons (Fsp3) is 0.462. The van der Waals surface area contributed by atoms with Gasteiger partial charge in [-0.25, -0.2) is 9.37 Å². The van der Waals surface area contributed by atoms with E-state index >= 15 is 0 Å². The Hall–Kier alpha value is -1.62. The fourth-order valence-electron chi connectivity index (χ4n) is 2.75. The van der Waals surface area contributed by atoms with E-state index in [1.165, 1.54) is 18.6 Å². The monoisotopic (exact) mass is 248 g/mol. The first-order valence-electron chi connectivity index (χ1n) is 6.23. The van der Waals surface area contributed by atoms with E-state index in [-0.39, 0.29) is 5.82 Å². The Morgan fingerprint density at radius 3 is 3.06 bits per heavy atom. The van der Waals surface area contributed by atoms with E-state index in [2.05, 4.69) is 16.9 Å². The lowest BCUT2D eigenvalue weighted by Crippen LogP contribution is -2.17. The number of benzene rings is 1. The van der Waals surface area contributed by atoms with Crippen LogP contribution >= 0.6 is 0 Å². The summed E-state index contributed by atoms with van der Waals surface area (Å²) in [6, 6.07) is 4.65. The Bertz CT molecular complexity index is 578. The lowest BCUT2D eigenvalue weighted by Gasteiger charge is -2.13. The molecule has 1 aromatic heterocycles. The number of aromatic nitrogens is 2. The van der Waals surface area contributed by atoms with Gasteiger partial charge in [0.25, 0.3) is 0 Å². The van der Waals surface area contributed by atoms with Gasteiger partial charge in [-0.3, -0.25) is 0 Å². The average Bonchev–Trinajstić information content (AvgIpc) is 2.84. The number of halogens is 1. The highest BCUT2D eigenvalue weighted by atomic mass is 19.1. The van der Waals surface area contributed by atoms with E-state index < -0.39 is 0 Å². The third kappa shape index (κ3) is 1.95. The van der Waals surface area contributed by atoms with Gasteiger partial charge in [-0.05, 0) is 38.1 Å². The van der Waals surface area contributed by atoms with Gasteiger partial charge in [0.15, 0.2) is 0 Å². The molecule has 0 amide bonds. The SMILES string of the molecule is CN1CCC(Cn2c(N)nc3cc(F)ccc32)C1. The van der Waals surface area contributed by atoms with Crippen LogP contribution in [0.15, 0.2) is 18.2 Å². The molecule has 1 saturated heterocycles. The largest absolute Gasteiger partial charge is 0.369 e. The Morgan fingerprint density at radius 2 is 2.33 bits per heavy atom. The van der Waals surface area contributed by atoms with Gasteiger partial charge >= 0.3 is 0 Å². The summed E-state index contributed by atoms with van der Waals surface area (Å²) in [5.41, 5.74) is 7.49. The number of hydrogen-bond acceptors (Lipinski definition) is 3. The molecule has 1 aliphatic heterocycles. The summed E-state index contributed by atoms with van der Waals surface area (Å²) >= 11 is 0. The van der Waals surface area contributed by atoms with E-state index in [0.29, 0.717) is 17.4 Å². The van der Waals surface area contributed by atoms with Gasteiger partial charge in [-0.15, -0.1) is 0 Å². The van der Waals surface area contributed by atoms with Crippen molar-refractivity contribution in [1.29, 1.82) is 0 Å². The first-order chi connectivity index (χ1) is 8.63. The molecule has 1 atom stereocenters. The summed E-state index contributed by atoms with van der Waals surface area (Å²) in [4.78, 5) is 6.54. The highest BCUT2D eigenvalue weighted by Crippen LogP contribution is 2.23. The van der Waals surface area contributed by atoms with E-state index in [1.807, 2.05) is 4.57 Å². The van der Waals surface area contributed by atoms with Crippen molar-refractivity contribution in [2.75, 3.05) is 25.9 Å². The third-order valence-corrected chi connectivity index (χ3v) is 3.67. The van der Waals surface area contributed by atoms with Gasteiger partial charge in [0.2, 0.25) is 5.95 Å². The molecule has 1 unspecified atom stereocenters. The molecule has 2 aromatic rings. The van der Waals surface area contributed by atoms with Gasteiger partial charge in [0, 0.05) is 19.2 Å². The molecule has 0 bridgehead atoms. The van der Waals surface area contributed by atoms with E-state index in [4.69, 9.17) is 5.73 Å². The third-order valence-electron chi connectivity index (χ3n) is 3.67. The maximum absolute atomic E-state index is 13.1. The minimum absolute atomic E-state index is 0.271. The van der Waals surface area contributed by atoms with Crippen LogP contribution in [0.2, 0.25) is 0 Å². The summed E-state index contributed by atoms with van der Waals surface area (Å²) < 4.78 is 15.1. The van der Waals surface area contributed by atoms with Crippen LogP contribution in [-0.2, 0) is 6.54 Å². The first kappa shape index (κ1) is 11.5. The Labute approximate surface area is 105 Å². The van der Waals surface area contributed by atoms with Crippen LogP contribution in [0, 0.1) is 11.7 Å². The number of rotatable bonds is 2. The molecule has 1 aliphatic rings. The minimum atomic E-state index is -0.271. The number of nitrogen functional groups attached to an aromatic ring is 1. The predicted molar refractivity (Wildman–Crippen MR) is 69.7 cm³/mol. The predicted octanol–water partition coefficient (Wildman–Crippen LogP) is 1.71. The topological polar surface area (TPSA) is 47.1 Å². The molecule has 4 nitrogen and oxygen atoms in total. The summed E-state index contributed by atoms with van der Waals surface area (Å²) in [5, 5.41) is 0. The fourth-order valence-corrected chi connectivity index (χ4v) is 2.75. The van der Waals surface area contributed by atoms with Crippen LogP contribution in [0.4, 0.5) is 10.3 Å². The number of imidazole rings is 1. The van der Waals surface area contributed by atoms with Crippen molar-refractivity contribution in [2.45, 2.75) is 13.0 Å². The molecule has 96 valence electrons. The summed E-state index contributed by atoms with van der Waals surface area (Å²) in [7, 11) is 2.13. The van der Waals surface area contributed by atoms with Crippen molar-refractivity contribution >= 4 is 17.0 Å². The minimum Gasteiger partial charge on any atom is -0.369 e. The van der Waals surface area contributed by atoms with Gasteiger partial charge in [0.1, 0.15) is 5.82 Å². The van der Waals surface area contributed by atoms with Gasteiger partial charge in [0.05, 0.1) is 11.0 Å². The van der Waals surface area contributed by atoms with E-state index in [0.717, 1.165) is 25.2 Å². The van der Waals surface area contributed by atoms with Crippen molar-refractivity contribution in [2.24, 2.45) is 5.92 Å². The second-order valence-corrected chi connectivity index (χ2v) is 5.13. The van der Waals surface area contributed by atoms with Gasteiger partial charge in [-0.1, -0.05) is 0 Å². The highest BCUT2D eigenvalue weighted by Gasteiger charge is 2.21. The lowest BCUT2D eigenvalue weighted by atomic mass is 10.1. The van der Waals surface area contributed by atoms with E-state index in [1.54, 1.807) is 6.07 Å². The molecule has 2 N–H and O–H groups in total. The maximum atomic E-state index is 13.1. The standard InChI is InChI=1S/C13H17FN4/c1-17-5-4-9(7-17)8-18-12-3-2-10(14)6-11(12)16-13(18)15/h2-3,6,9H,4-5,7-8H2,1H3,(H2,15,16). The number of likely N-dealkylation sites (tertiary alicyclic amines) is 1. The number of nitrogens with zero attached hydrogens (tertiary/aromatic N) is 3. The molecule has 1 fully saturated rings. The van der Waals surface area contributed by atoms with Gasteiger partial charge < -0.3 is 15.2 Å². The molecule has 0 spiro atoms. The van der Waals surface area contributed by atoms with Crippen molar-refractivity contribution in [1.82, 2.24) is 14.5 Å². The summed E-state index contributed by atoms with van der Waals surface area (Å²) in [5.74, 6) is 0.803. The summed E-state index contributed by atoms with van der Waals surface area (Å²) in [6.07, 6.45) is 1.18. The average molecular weight is 248 g/mol. The molecule has 18 heavy (non-hydrogen) atoms. The second kappa shape index (κ2) is 4.24. The zero-order valence-electron chi connectivity index (χ0n) is 10.4. The van der Waals surface area contributed by atoms with Crippen molar-refractivity contribution < 1.29 is 4.39 Å². The zero-order valence-corrected chi connectivity index (χ0v) is 10.4. The molecular formula is C13H17FN4. The Kier molecular flexibility index (Phi) is 2.70. The normalized spacial score (nSPS) is 20.9. The zero-order chi connectivity index (χ0) is 12.7. The number of fused-ring (bicyclic) bond motifs is 1. The molecular weight excluding hydrogens is 231 g/mol. The smallest absolute Gasteiger partial charge is 0.201 e. The van der Waals surface area contributed by atoms with Crippen molar-refractivity contribution in [3.63, 3.8) is 0 Å². The number of nitrogens with two attached hydrogens (primary N) is 1. The van der Waals surface area contributed by atoms with Crippen molar-refractivity contribution in [3.8, 4) is 0 Å². The second-order valence-electron chi connectivity index (χ2n) is 5.13. The molecule has 2 heterocycles. The lowest BCUT2D eigenvalue weighted by molar-refractivity contribution is 0.380. The van der Waals surface area contributed by atoms with Crippen LogP contribution in [0.1, 0.15) is 6.42 Å². The quantitative estimate of drug-likeness (QED) is 0.880. The molecule has 1 aromatic carbocycles. The molecule has 5 heteroatoms. The van der Waals surface area contributed by atoms with Crippen molar-refractivity contribution in [3.05, 3.63) is 24.0 Å². The first-order valence-corrected chi connectivity index (χ1v) is 6.23. The highest BCUT2D eigenvalue weighted by molar-refractivity contribution is 5.78. The van der Waals surface area contributed by atoms with Crippen LogP contribution < -0.4 is 5.73 Å². The molecule has 0 aliphatic carbocycles.